The number of hydrogen-bond donors (Lipinski definition) is 0. The predicted molar refractivity (Wildman–Crippen MR) is 114 cm³/mol. The van der Waals surface area contributed by atoms with Gasteiger partial charge in [0.1, 0.15) is 18.2 Å². The molecule has 0 N–H and O–H groups in total. The highest BCUT2D eigenvalue weighted by Crippen LogP contribution is 2.29. The SMILES string of the molecule is Cc1c(Oc2ccc(S(C)(=O)=O)cc2)ncnc1OC1CCN(OC(=O)OC(C)C)CC1. The molecule has 0 unspecified atom stereocenters. The fourth-order valence-corrected chi connectivity index (χ4v) is 3.66. The van der Waals surface area contributed by atoms with Crippen LogP contribution >= 0.6 is 0 Å². The number of carbonyl (C=O) groups is 1. The molecule has 32 heavy (non-hydrogen) atoms. The number of piperidine rings is 1. The van der Waals surface area contributed by atoms with E-state index in [2.05, 4.69) is 9.97 Å². The molecule has 1 aliphatic rings. The van der Waals surface area contributed by atoms with E-state index in [-0.39, 0.29) is 17.1 Å². The van der Waals surface area contributed by atoms with Gasteiger partial charge >= 0.3 is 6.16 Å². The molecule has 0 bridgehead atoms. The quantitative estimate of drug-likeness (QED) is 0.564. The van der Waals surface area contributed by atoms with Crippen molar-refractivity contribution in [2.24, 2.45) is 0 Å². The lowest BCUT2D eigenvalue weighted by atomic mass is 10.1. The van der Waals surface area contributed by atoms with E-state index in [4.69, 9.17) is 19.0 Å². The molecule has 174 valence electrons. The van der Waals surface area contributed by atoms with Crippen LogP contribution in [0.1, 0.15) is 32.3 Å². The van der Waals surface area contributed by atoms with Crippen LogP contribution in [0.15, 0.2) is 35.5 Å². The summed E-state index contributed by atoms with van der Waals surface area (Å²) in [6.45, 7) is 6.33. The third kappa shape index (κ3) is 6.54. The van der Waals surface area contributed by atoms with Gasteiger partial charge < -0.3 is 19.0 Å². The van der Waals surface area contributed by atoms with Crippen LogP contribution in [0, 0.1) is 6.92 Å². The van der Waals surface area contributed by atoms with Gasteiger partial charge in [0.15, 0.2) is 9.84 Å². The molecular weight excluding hydrogens is 438 g/mol. The van der Waals surface area contributed by atoms with Crippen LogP contribution in [0.25, 0.3) is 0 Å². The molecule has 0 radical (unpaired) electrons. The lowest BCUT2D eigenvalue weighted by Crippen LogP contribution is -2.40. The summed E-state index contributed by atoms with van der Waals surface area (Å²) in [6, 6.07) is 6.09. The van der Waals surface area contributed by atoms with Crippen molar-refractivity contribution in [1.82, 2.24) is 15.0 Å². The Balaban J connectivity index is 1.58. The molecule has 2 aromatic rings. The average molecular weight is 466 g/mol. The summed E-state index contributed by atoms with van der Waals surface area (Å²) in [6.07, 6.45) is 2.72. The Labute approximate surface area is 187 Å². The third-order valence-electron chi connectivity index (χ3n) is 4.67. The minimum absolute atomic E-state index is 0.105. The maximum atomic E-state index is 11.6. The molecule has 1 aromatic heterocycles. The summed E-state index contributed by atoms with van der Waals surface area (Å²) < 4.78 is 40.0. The van der Waals surface area contributed by atoms with E-state index >= 15 is 0 Å². The van der Waals surface area contributed by atoms with E-state index in [1.54, 1.807) is 38.0 Å². The number of sulfone groups is 1. The highest BCUT2D eigenvalue weighted by Gasteiger charge is 2.25. The fraction of sp³-hybridized carbons (Fsp3) is 0.476. The Morgan fingerprint density at radius 2 is 1.72 bits per heavy atom. The Morgan fingerprint density at radius 1 is 1.09 bits per heavy atom. The molecule has 3 rings (SSSR count). The molecule has 1 aromatic carbocycles. The van der Waals surface area contributed by atoms with Crippen molar-refractivity contribution in [3.05, 3.63) is 36.2 Å². The van der Waals surface area contributed by atoms with Crippen molar-refractivity contribution in [1.29, 1.82) is 0 Å². The van der Waals surface area contributed by atoms with Crippen LogP contribution in [-0.4, -0.2) is 61.2 Å². The molecule has 10 nitrogen and oxygen atoms in total. The van der Waals surface area contributed by atoms with Crippen molar-refractivity contribution < 1.29 is 32.3 Å². The van der Waals surface area contributed by atoms with Gasteiger partial charge in [-0.3, -0.25) is 0 Å². The summed E-state index contributed by atoms with van der Waals surface area (Å²) in [5.74, 6) is 1.17. The monoisotopic (exact) mass is 465 g/mol. The minimum Gasteiger partial charge on any atom is -0.474 e. The molecule has 1 fully saturated rings. The molecule has 1 aliphatic heterocycles. The number of aromatic nitrogens is 2. The Bertz CT molecular complexity index is 1030. The molecule has 0 saturated carbocycles. The maximum absolute atomic E-state index is 11.6. The zero-order valence-electron chi connectivity index (χ0n) is 18.5. The molecule has 2 heterocycles. The number of benzene rings is 1. The van der Waals surface area contributed by atoms with E-state index in [0.717, 1.165) is 6.26 Å². The molecule has 1 saturated heterocycles. The second-order valence-electron chi connectivity index (χ2n) is 7.71. The highest BCUT2D eigenvalue weighted by molar-refractivity contribution is 7.90. The van der Waals surface area contributed by atoms with Gasteiger partial charge in [0.2, 0.25) is 11.8 Å². The molecule has 0 spiro atoms. The maximum Gasteiger partial charge on any atom is 0.528 e. The average Bonchev–Trinajstić information content (AvgIpc) is 2.71. The number of hydroxylamine groups is 2. The van der Waals surface area contributed by atoms with Gasteiger partial charge in [0, 0.05) is 32.2 Å². The van der Waals surface area contributed by atoms with E-state index in [9.17, 15) is 13.2 Å². The lowest BCUT2D eigenvalue weighted by molar-refractivity contribution is -0.151. The van der Waals surface area contributed by atoms with Gasteiger partial charge in [-0.1, -0.05) is 0 Å². The van der Waals surface area contributed by atoms with Crippen molar-refractivity contribution in [2.45, 2.75) is 50.7 Å². The summed E-state index contributed by atoms with van der Waals surface area (Å²) in [5, 5.41) is 1.56. The van der Waals surface area contributed by atoms with E-state index < -0.39 is 16.0 Å². The van der Waals surface area contributed by atoms with Gasteiger partial charge in [0.05, 0.1) is 16.6 Å². The Hall–Kier alpha value is -2.92. The van der Waals surface area contributed by atoms with E-state index in [1.807, 2.05) is 0 Å². The van der Waals surface area contributed by atoms with Crippen molar-refractivity contribution in [2.75, 3.05) is 19.3 Å². The first-order chi connectivity index (χ1) is 15.1. The highest BCUT2D eigenvalue weighted by atomic mass is 32.2. The van der Waals surface area contributed by atoms with Crippen LogP contribution in [0.3, 0.4) is 0 Å². The minimum atomic E-state index is -3.28. The zero-order valence-corrected chi connectivity index (χ0v) is 19.3. The largest absolute Gasteiger partial charge is 0.528 e. The van der Waals surface area contributed by atoms with Crippen LogP contribution in [-0.2, 0) is 19.4 Å². The van der Waals surface area contributed by atoms with Crippen LogP contribution < -0.4 is 9.47 Å². The molecular formula is C21H27N3O7S. The number of hydrogen-bond acceptors (Lipinski definition) is 10. The Kier molecular flexibility index (Phi) is 7.52. The van der Waals surface area contributed by atoms with Gasteiger partial charge in [-0.25, -0.2) is 23.2 Å². The van der Waals surface area contributed by atoms with Crippen LogP contribution in [0.2, 0.25) is 0 Å². The first kappa shape index (κ1) is 23.7. The van der Waals surface area contributed by atoms with Gasteiger partial charge in [0.25, 0.3) is 0 Å². The predicted octanol–water partition coefficient (Wildman–Crippen LogP) is 3.30. The fourth-order valence-electron chi connectivity index (χ4n) is 3.03. The van der Waals surface area contributed by atoms with Gasteiger partial charge in [-0.15, -0.1) is 5.06 Å². The number of rotatable bonds is 7. The second kappa shape index (κ2) is 10.1. The van der Waals surface area contributed by atoms with Crippen LogP contribution in [0.4, 0.5) is 4.79 Å². The summed E-state index contributed by atoms with van der Waals surface area (Å²) in [4.78, 5) is 25.4. The number of carbonyl (C=O) groups excluding carboxylic acids is 1. The van der Waals surface area contributed by atoms with E-state index in [0.29, 0.717) is 49.0 Å². The van der Waals surface area contributed by atoms with Crippen molar-refractivity contribution in [3.63, 3.8) is 0 Å². The number of ether oxygens (including phenoxy) is 3. The first-order valence-corrected chi connectivity index (χ1v) is 12.1. The zero-order chi connectivity index (χ0) is 23.3. The smallest absolute Gasteiger partial charge is 0.474 e. The van der Waals surface area contributed by atoms with Crippen LogP contribution in [0.5, 0.6) is 17.5 Å². The van der Waals surface area contributed by atoms with Gasteiger partial charge in [-0.2, -0.15) is 0 Å². The molecule has 0 aliphatic carbocycles. The van der Waals surface area contributed by atoms with Gasteiger partial charge in [-0.05, 0) is 45.0 Å². The summed E-state index contributed by atoms with van der Waals surface area (Å²) >= 11 is 0. The summed E-state index contributed by atoms with van der Waals surface area (Å²) in [5.41, 5.74) is 0.624. The standard InChI is InChI=1S/C21H27N3O7S/c1-14(2)28-21(25)31-24-11-9-17(10-12-24)30-20-15(3)19(22-13-23-20)29-16-5-7-18(8-6-16)32(4,26)27/h5-8,13-14,17H,9-12H2,1-4H3. The second-order valence-corrected chi connectivity index (χ2v) is 9.72. The van der Waals surface area contributed by atoms with Crippen molar-refractivity contribution >= 4 is 16.0 Å². The topological polar surface area (TPSA) is 117 Å². The first-order valence-electron chi connectivity index (χ1n) is 10.2. The summed E-state index contributed by atoms with van der Waals surface area (Å²) in [7, 11) is -3.28. The molecule has 0 amide bonds. The molecule has 0 atom stereocenters. The molecule has 11 heteroatoms. The lowest BCUT2D eigenvalue weighted by Gasteiger charge is -2.30. The normalized spacial score (nSPS) is 15.4. The van der Waals surface area contributed by atoms with E-state index in [1.165, 1.54) is 18.5 Å². The van der Waals surface area contributed by atoms with Crippen molar-refractivity contribution in [3.8, 4) is 17.5 Å². The Morgan fingerprint density at radius 3 is 2.31 bits per heavy atom. The third-order valence-corrected chi connectivity index (χ3v) is 5.80. The number of nitrogens with zero attached hydrogens (tertiary/aromatic N) is 3.